The molecule has 9 aromatic rings. The summed E-state index contributed by atoms with van der Waals surface area (Å²) in [5.41, 5.74) is 28.8. The standard InChI is InChI=1S/C84H99BN4/c1-77(2,3)57-38-41-66(63(50-57)52-30-26-25-27-31-52)88-68-34-29-35-69-75(68)85(64-39-37-58(51-70(64)88)78(4,5)6)65-44-53(54-42-59(79(7,8)9)49-60(43-54)80(10,11)12)36-40-67(65)89(69)76-61(55-45-71(81(13,14)15)86-72(46-55)82(16,17)18)32-28-33-62(76)56-47-73(83(19,20)21)87-74(48-56)84(22,23)24/h25-51H,1-24H3. The van der Waals surface area contributed by atoms with Crippen LogP contribution in [0.1, 0.15) is 211 Å². The second kappa shape index (κ2) is 21.6. The predicted octanol–water partition coefficient (Wildman–Crippen LogP) is 21.6. The van der Waals surface area contributed by atoms with Crippen LogP contribution >= 0.6 is 0 Å². The molecule has 0 aliphatic carbocycles. The molecular formula is C84H99BN4. The summed E-state index contributed by atoms with van der Waals surface area (Å²) in [5.74, 6) is 0. The fourth-order valence-corrected chi connectivity index (χ4v) is 12.9. The zero-order valence-corrected chi connectivity index (χ0v) is 58.5. The monoisotopic (exact) mass is 1170 g/mol. The quantitative estimate of drug-likeness (QED) is 0.155. The Kier molecular flexibility index (Phi) is 15.3. The molecule has 89 heavy (non-hydrogen) atoms. The predicted molar refractivity (Wildman–Crippen MR) is 387 cm³/mol. The van der Waals surface area contributed by atoms with E-state index in [0.717, 1.165) is 62.1 Å². The van der Waals surface area contributed by atoms with Crippen molar-refractivity contribution in [1.29, 1.82) is 0 Å². The highest BCUT2D eigenvalue weighted by atomic mass is 15.2. The topological polar surface area (TPSA) is 32.3 Å². The molecule has 0 unspecified atom stereocenters. The molecule has 0 amide bonds. The van der Waals surface area contributed by atoms with E-state index >= 15 is 0 Å². The first-order chi connectivity index (χ1) is 41.2. The molecule has 2 aliphatic rings. The van der Waals surface area contributed by atoms with Crippen LogP contribution in [-0.4, -0.2) is 16.7 Å². The average molecular weight is 1180 g/mol. The lowest BCUT2D eigenvalue weighted by molar-refractivity contribution is 0.531. The second-order valence-corrected chi connectivity index (χ2v) is 34.2. The van der Waals surface area contributed by atoms with Gasteiger partial charge in [0, 0.05) is 83.9 Å². The van der Waals surface area contributed by atoms with Crippen LogP contribution in [0.25, 0.3) is 44.5 Å². The van der Waals surface area contributed by atoms with Gasteiger partial charge in [0.1, 0.15) is 0 Å². The molecule has 2 aliphatic heterocycles. The summed E-state index contributed by atoms with van der Waals surface area (Å²) in [4.78, 5) is 16.3. The van der Waals surface area contributed by atoms with Gasteiger partial charge in [-0.25, -0.2) is 0 Å². The van der Waals surface area contributed by atoms with E-state index < -0.39 is 0 Å². The van der Waals surface area contributed by atoms with E-state index in [1.165, 1.54) is 78.0 Å². The maximum atomic E-state index is 5.49. The molecule has 0 radical (unpaired) electrons. The van der Waals surface area contributed by atoms with E-state index in [1.807, 2.05) is 0 Å². The van der Waals surface area contributed by atoms with Crippen LogP contribution in [0.3, 0.4) is 0 Å². The molecule has 0 fully saturated rings. The molecule has 458 valence electrons. The van der Waals surface area contributed by atoms with Gasteiger partial charge < -0.3 is 9.80 Å². The van der Waals surface area contributed by atoms with Gasteiger partial charge in [0.2, 0.25) is 0 Å². The third-order valence-electron chi connectivity index (χ3n) is 18.7. The lowest BCUT2D eigenvalue weighted by Crippen LogP contribution is -2.61. The van der Waals surface area contributed by atoms with E-state index in [1.54, 1.807) is 0 Å². The summed E-state index contributed by atoms with van der Waals surface area (Å²) in [5, 5.41) is 0. The number of pyridine rings is 2. The van der Waals surface area contributed by atoms with Crippen LogP contribution in [0, 0.1) is 0 Å². The number of anilines is 6. The Hall–Kier alpha value is -7.50. The minimum Gasteiger partial charge on any atom is -0.311 e. The number of benzene rings is 7. The summed E-state index contributed by atoms with van der Waals surface area (Å²) >= 11 is 0. The minimum atomic E-state index is -0.216. The molecule has 0 spiro atoms. The number of fused-ring (bicyclic) bond motifs is 4. The zero-order chi connectivity index (χ0) is 64.7. The Morgan fingerprint density at radius 3 is 1.17 bits per heavy atom. The number of hydrogen-bond donors (Lipinski definition) is 0. The van der Waals surface area contributed by atoms with Crippen molar-refractivity contribution in [2.75, 3.05) is 9.80 Å². The van der Waals surface area contributed by atoms with Crippen molar-refractivity contribution in [2.45, 2.75) is 209 Å². The number of para-hydroxylation sites is 1. The van der Waals surface area contributed by atoms with E-state index in [4.69, 9.17) is 9.97 Å². The van der Waals surface area contributed by atoms with Crippen molar-refractivity contribution >= 4 is 57.2 Å². The van der Waals surface area contributed by atoms with Crippen molar-refractivity contribution in [3.63, 3.8) is 0 Å². The SMILES string of the molecule is CC(C)(C)c1cc(-c2ccc3c(c2)B2c4ccc(C(C)(C)C)cc4N(c4ccc(C(C)(C)C)cc4-c4ccccc4)c4cccc(c42)N3c2c(-c3cc(C(C)(C)C)nc(C(C)(C)C)c3)cccc2-c2cc(C(C)(C)C)nc(C(C)(C)C)c2)cc(C(C)(C)C)c1. The largest absolute Gasteiger partial charge is 0.311 e. The average Bonchev–Trinajstić information content (AvgIpc) is 0.712. The summed E-state index contributed by atoms with van der Waals surface area (Å²) in [6.07, 6.45) is 0. The molecule has 4 nitrogen and oxygen atoms in total. The molecular weight excluding hydrogens is 1080 g/mol. The van der Waals surface area contributed by atoms with Crippen LogP contribution in [0.15, 0.2) is 164 Å². The van der Waals surface area contributed by atoms with Gasteiger partial charge in [0.05, 0.1) is 11.4 Å². The zero-order valence-electron chi connectivity index (χ0n) is 58.5. The lowest BCUT2D eigenvalue weighted by atomic mass is 9.33. The maximum absolute atomic E-state index is 5.49. The van der Waals surface area contributed by atoms with Crippen molar-refractivity contribution < 1.29 is 0 Å². The molecule has 0 atom stereocenters. The summed E-state index contributed by atoms with van der Waals surface area (Å²) in [6.45, 7) is 55.6. The summed E-state index contributed by atoms with van der Waals surface area (Å²) in [7, 11) is 0. The Balaban J connectivity index is 1.33. The number of hydrogen-bond acceptors (Lipinski definition) is 4. The second-order valence-electron chi connectivity index (χ2n) is 34.2. The van der Waals surface area contributed by atoms with E-state index in [2.05, 4.69) is 340 Å². The van der Waals surface area contributed by atoms with Crippen molar-refractivity contribution in [2.24, 2.45) is 0 Å². The fraction of sp³-hybridized carbons (Fsp3) is 0.381. The Morgan fingerprint density at radius 1 is 0.258 bits per heavy atom. The van der Waals surface area contributed by atoms with Gasteiger partial charge in [-0.15, -0.1) is 0 Å². The van der Waals surface area contributed by atoms with Gasteiger partial charge in [-0.2, -0.15) is 0 Å². The van der Waals surface area contributed by atoms with Gasteiger partial charge in [0.25, 0.3) is 6.71 Å². The van der Waals surface area contributed by atoms with Gasteiger partial charge >= 0.3 is 0 Å². The lowest BCUT2D eigenvalue weighted by Gasteiger charge is -2.45. The highest BCUT2D eigenvalue weighted by Crippen LogP contribution is 2.53. The molecule has 2 aromatic heterocycles. The highest BCUT2D eigenvalue weighted by molar-refractivity contribution is 7.00. The van der Waals surface area contributed by atoms with Crippen LogP contribution in [-0.2, 0) is 43.3 Å². The molecule has 5 heteroatoms. The Labute approximate surface area is 536 Å². The highest BCUT2D eigenvalue weighted by Gasteiger charge is 2.45. The first-order valence-corrected chi connectivity index (χ1v) is 32.8. The number of nitrogens with zero attached hydrogens (tertiary/aromatic N) is 4. The minimum absolute atomic E-state index is 0.0610. The van der Waals surface area contributed by atoms with Gasteiger partial charge in [0.15, 0.2) is 0 Å². The summed E-state index contributed by atoms with van der Waals surface area (Å²) in [6, 6.07) is 64.4. The van der Waals surface area contributed by atoms with Gasteiger partial charge in [-0.1, -0.05) is 269 Å². The van der Waals surface area contributed by atoms with Crippen molar-refractivity contribution in [3.05, 3.63) is 209 Å². The van der Waals surface area contributed by atoms with E-state index in [0.29, 0.717) is 0 Å². The smallest absolute Gasteiger partial charge is 0.252 e. The first kappa shape index (κ1) is 63.1. The van der Waals surface area contributed by atoms with Crippen molar-refractivity contribution in [3.8, 4) is 44.5 Å². The van der Waals surface area contributed by atoms with Gasteiger partial charge in [-0.05, 0) is 149 Å². The molecule has 11 rings (SSSR count). The summed E-state index contributed by atoms with van der Waals surface area (Å²) < 4.78 is 0. The van der Waals surface area contributed by atoms with Gasteiger partial charge in [-0.3, -0.25) is 9.97 Å². The molecule has 7 aromatic carbocycles. The fourth-order valence-electron chi connectivity index (χ4n) is 12.9. The van der Waals surface area contributed by atoms with Crippen LogP contribution in [0.4, 0.5) is 34.1 Å². The van der Waals surface area contributed by atoms with E-state index in [-0.39, 0.29) is 50.0 Å². The van der Waals surface area contributed by atoms with Crippen LogP contribution in [0.2, 0.25) is 0 Å². The van der Waals surface area contributed by atoms with Crippen LogP contribution in [0.5, 0.6) is 0 Å². The molecule has 0 saturated heterocycles. The Bertz CT molecular complexity index is 4030. The number of aromatic nitrogens is 2. The van der Waals surface area contributed by atoms with Crippen LogP contribution < -0.4 is 26.2 Å². The number of rotatable bonds is 6. The van der Waals surface area contributed by atoms with E-state index in [9.17, 15) is 0 Å². The molecule has 4 heterocycles. The first-order valence-electron chi connectivity index (χ1n) is 32.8. The Morgan fingerprint density at radius 2 is 0.697 bits per heavy atom. The maximum Gasteiger partial charge on any atom is 0.252 e. The normalized spacial score (nSPS) is 14.0. The molecule has 0 bridgehead atoms. The third kappa shape index (κ3) is 12.0. The van der Waals surface area contributed by atoms with Crippen molar-refractivity contribution in [1.82, 2.24) is 9.97 Å². The molecule has 0 N–H and O–H groups in total. The third-order valence-corrected chi connectivity index (χ3v) is 18.7. The molecule has 0 saturated carbocycles.